The van der Waals surface area contributed by atoms with Crippen molar-refractivity contribution in [1.29, 1.82) is 0 Å². The van der Waals surface area contributed by atoms with Crippen molar-refractivity contribution in [2.45, 2.75) is 0 Å². The van der Waals surface area contributed by atoms with E-state index in [9.17, 15) is 0 Å². The molecule has 0 radical (unpaired) electrons. The molecular formula is C9H9Cl2Ti-. The largest absolute Gasteiger partial charge is 0.168 e. The normalized spacial score (nSPS) is 7.67. The Labute approximate surface area is 99.4 Å². The molecule has 0 saturated carbocycles. The van der Waals surface area contributed by atoms with Gasteiger partial charge in [0.25, 0.3) is 0 Å². The molecule has 12 heavy (non-hydrogen) atoms. The van der Waals surface area contributed by atoms with Crippen molar-refractivity contribution >= 4 is 35.6 Å². The van der Waals surface area contributed by atoms with Crippen LogP contribution < -0.4 is 0 Å². The standard InChI is InChI=1S/C9H7.2ClH.Ti/c1-2-5-9-7-3-6-8(9)4-1;;;/h1-7H;2*1H;/q-1;;;. The molecule has 0 aromatic heterocycles. The molecule has 2 rings (SSSR count). The molecule has 0 aliphatic carbocycles. The van der Waals surface area contributed by atoms with Crippen molar-refractivity contribution in [1.82, 2.24) is 0 Å². The number of benzene rings is 1. The summed E-state index contributed by atoms with van der Waals surface area (Å²) in [7, 11) is 0. The van der Waals surface area contributed by atoms with E-state index in [0.29, 0.717) is 0 Å². The van der Waals surface area contributed by atoms with Crippen molar-refractivity contribution in [2.24, 2.45) is 0 Å². The first-order chi connectivity index (χ1) is 4.47. The third kappa shape index (κ3) is 2.87. The van der Waals surface area contributed by atoms with Crippen LogP contribution in [0.2, 0.25) is 0 Å². The second-order valence-corrected chi connectivity index (χ2v) is 2.15. The summed E-state index contributed by atoms with van der Waals surface area (Å²) in [4.78, 5) is 0. The summed E-state index contributed by atoms with van der Waals surface area (Å²) in [5, 5.41) is 2.66. The van der Waals surface area contributed by atoms with Crippen LogP contribution in [0.1, 0.15) is 0 Å². The van der Waals surface area contributed by atoms with Gasteiger partial charge in [0.2, 0.25) is 0 Å². The van der Waals surface area contributed by atoms with Crippen molar-refractivity contribution in [3.8, 4) is 0 Å². The van der Waals surface area contributed by atoms with Crippen LogP contribution in [0.3, 0.4) is 0 Å². The summed E-state index contributed by atoms with van der Waals surface area (Å²) >= 11 is 0. The van der Waals surface area contributed by atoms with Crippen molar-refractivity contribution < 1.29 is 21.7 Å². The molecule has 0 aliphatic rings. The average Bonchev–Trinajstić information content (AvgIpc) is 2.33. The van der Waals surface area contributed by atoms with Crippen LogP contribution in [-0.2, 0) is 21.7 Å². The summed E-state index contributed by atoms with van der Waals surface area (Å²) in [6.45, 7) is 0. The summed E-state index contributed by atoms with van der Waals surface area (Å²) in [5.41, 5.74) is 0. The summed E-state index contributed by atoms with van der Waals surface area (Å²) in [6.07, 6.45) is 0. The molecule has 2 aromatic rings. The minimum Gasteiger partial charge on any atom is -0.168 e. The molecule has 0 unspecified atom stereocenters. The second-order valence-electron chi connectivity index (χ2n) is 2.15. The molecule has 0 nitrogen and oxygen atoms in total. The van der Waals surface area contributed by atoms with Crippen LogP contribution in [0.25, 0.3) is 10.8 Å². The molecule has 0 amide bonds. The Morgan fingerprint density at radius 3 is 2.25 bits per heavy atom. The zero-order valence-electron chi connectivity index (χ0n) is 6.36. The fourth-order valence-corrected chi connectivity index (χ4v) is 1.07. The van der Waals surface area contributed by atoms with Gasteiger partial charge in [-0.2, -0.15) is 17.5 Å². The van der Waals surface area contributed by atoms with Gasteiger partial charge in [-0.3, -0.25) is 0 Å². The van der Waals surface area contributed by atoms with E-state index < -0.39 is 0 Å². The van der Waals surface area contributed by atoms with Crippen LogP contribution in [0.4, 0.5) is 0 Å². The molecule has 2 aromatic carbocycles. The van der Waals surface area contributed by atoms with E-state index in [0.717, 1.165) is 0 Å². The Morgan fingerprint density at radius 1 is 0.917 bits per heavy atom. The smallest absolute Gasteiger partial charge is 0 e. The molecule has 0 spiro atoms. The summed E-state index contributed by atoms with van der Waals surface area (Å²) < 4.78 is 0. The van der Waals surface area contributed by atoms with Gasteiger partial charge in [-0.05, 0) is 0 Å². The Balaban J connectivity index is 0. The zero-order chi connectivity index (χ0) is 6.10. The van der Waals surface area contributed by atoms with Gasteiger partial charge in [0.1, 0.15) is 0 Å². The zero-order valence-corrected chi connectivity index (χ0v) is 9.55. The van der Waals surface area contributed by atoms with Crippen LogP contribution in [0.15, 0.2) is 42.5 Å². The fourth-order valence-electron chi connectivity index (χ4n) is 1.07. The van der Waals surface area contributed by atoms with Crippen molar-refractivity contribution in [3.63, 3.8) is 0 Å². The van der Waals surface area contributed by atoms with E-state index in [1.807, 2.05) is 0 Å². The molecule has 0 saturated heterocycles. The minimum atomic E-state index is 0. The molecular weight excluding hydrogens is 227 g/mol. The van der Waals surface area contributed by atoms with E-state index in [1.165, 1.54) is 10.8 Å². The molecule has 0 fully saturated rings. The maximum absolute atomic E-state index is 2.12. The molecule has 64 valence electrons. The summed E-state index contributed by atoms with van der Waals surface area (Å²) in [5.74, 6) is 0. The number of halogens is 2. The van der Waals surface area contributed by atoms with Gasteiger partial charge < -0.3 is 0 Å². The van der Waals surface area contributed by atoms with Gasteiger partial charge >= 0.3 is 0 Å². The number of fused-ring (bicyclic) bond motifs is 1. The van der Waals surface area contributed by atoms with Gasteiger partial charge in [0.15, 0.2) is 0 Å². The molecule has 0 aliphatic heterocycles. The third-order valence-electron chi connectivity index (χ3n) is 1.55. The number of rotatable bonds is 0. The average molecular weight is 236 g/mol. The van der Waals surface area contributed by atoms with Crippen LogP contribution in [0, 0.1) is 0 Å². The summed E-state index contributed by atoms with van der Waals surface area (Å²) in [6, 6.07) is 14.7. The van der Waals surface area contributed by atoms with Crippen LogP contribution >= 0.6 is 24.8 Å². The molecule has 0 heterocycles. The van der Waals surface area contributed by atoms with E-state index >= 15 is 0 Å². The van der Waals surface area contributed by atoms with Gasteiger partial charge in [-0.25, -0.2) is 0 Å². The van der Waals surface area contributed by atoms with Gasteiger partial charge in [0, 0.05) is 21.7 Å². The Hall–Kier alpha value is 0.124. The van der Waals surface area contributed by atoms with Gasteiger partial charge in [-0.15, -0.1) is 54.5 Å². The first kappa shape index (κ1) is 14.6. The second kappa shape index (κ2) is 6.62. The van der Waals surface area contributed by atoms with Crippen molar-refractivity contribution in [2.75, 3.05) is 0 Å². The Kier molecular flexibility index (Phi) is 8.07. The van der Waals surface area contributed by atoms with Gasteiger partial charge in [-0.1, -0.05) is 6.07 Å². The quantitative estimate of drug-likeness (QED) is 0.485. The third-order valence-corrected chi connectivity index (χ3v) is 1.55. The Bertz CT molecular complexity index is 287. The van der Waals surface area contributed by atoms with Crippen LogP contribution in [-0.4, -0.2) is 0 Å². The predicted molar refractivity (Wildman–Crippen MR) is 54.0 cm³/mol. The molecule has 0 N–H and O–H groups in total. The number of hydrogen-bond acceptors (Lipinski definition) is 0. The first-order valence-electron chi connectivity index (χ1n) is 3.07. The molecule has 0 bridgehead atoms. The van der Waals surface area contributed by atoms with E-state index in [2.05, 4.69) is 42.5 Å². The topological polar surface area (TPSA) is 0 Å². The van der Waals surface area contributed by atoms with E-state index in [1.54, 1.807) is 0 Å². The minimum absolute atomic E-state index is 0. The maximum Gasteiger partial charge on any atom is 0 e. The van der Waals surface area contributed by atoms with Crippen molar-refractivity contribution in [3.05, 3.63) is 42.5 Å². The predicted octanol–water partition coefficient (Wildman–Crippen LogP) is 3.40. The molecule has 0 atom stereocenters. The Morgan fingerprint density at radius 2 is 1.58 bits per heavy atom. The van der Waals surface area contributed by atoms with Gasteiger partial charge in [0.05, 0.1) is 0 Å². The molecule has 3 heteroatoms. The maximum atomic E-state index is 2.12. The SMILES string of the molecule is Cl.Cl.[Ti].c1ccc2[cH-]ccc2c1. The number of hydrogen-bond donors (Lipinski definition) is 0. The van der Waals surface area contributed by atoms with E-state index in [4.69, 9.17) is 0 Å². The van der Waals surface area contributed by atoms with Crippen LogP contribution in [0.5, 0.6) is 0 Å². The first-order valence-corrected chi connectivity index (χ1v) is 3.07. The van der Waals surface area contributed by atoms with E-state index in [-0.39, 0.29) is 46.5 Å². The fraction of sp³-hybridized carbons (Fsp3) is 0. The monoisotopic (exact) mass is 235 g/mol.